The molecule has 16 heavy (non-hydrogen) atoms. The van der Waals surface area contributed by atoms with Gasteiger partial charge >= 0.3 is 0 Å². The van der Waals surface area contributed by atoms with Gasteiger partial charge in [0.2, 0.25) is 0 Å². The summed E-state index contributed by atoms with van der Waals surface area (Å²) in [7, 11) is 0. The molecule has 1 heterocycles. The van der Waals surface area contributed by atoms with Crippen molar-refractivity contribution < 1.29 is 0 Å². The van der Waals surface area contributed by atoms with Crippen molar-refractivity contribution in [2.45, 2.75) is 25.8 Å². The molecule has 1 aromatic rings. The monoisotopic (exact) mass is 218 g/mol. The van der Waals surface area contributed by atoms with Crippen molar-refractivity contribution >= 4 is 0 Å². The highest BCUT2D eigenvalue weighted by atomic mass is 15.1. The first-order chi connectivity index (χ1) is 7.75. The molecular weight excluding hydrogens is 196 g/mol. The van der Waals surface area contributed by atoms with Crippen molar-refractivity contribution in [2.75, 3.05) is 19.6 Å². The van der Waals surface area contributed by atoms with E-state index in [1.54, 1.807) is 0 Å². The van der Waals surface area contributed by atoms with Gasteiger partial charge in [-0.3, -0.25) is 0 Å². The van der Waals surface area contributed by atoms with E-state index in [0.29, 0.717) is 0 Å². The number of hydrogen-bond donors (Lipinski definition) is 1. The lowest BCUT2D eigenvalue weighted by Crippen LogP contribution is -2.25. The van der Waals surface area contributed by atoms with Crippen LogP contribution in [-0.2, 0) is 0 Å². The second kappa shape index (κ2) is 5.46. The van der Waals surface area contributed by atoms with E-state index >= 15 is 0 Å². The van der Waals surface area contributed by atoms with E-state index in [-0.39, 0.29) is 6.04 Å². The van der Waals surface area contributed by atoms with Crippen LogP contribution in [0.25, 0.3) is 0 Å². The molecule has 2 atom stereocenters. The molecule has 0 aliphatic carbocycles. The van der Waals surface area contributed by atoms with E-state index in [1.807, 2.05) is 6.07 Å². The van der Waals surface area contributed by atoms with Crippen molar-refractivity contribution in [3.05, 3.63) is 35.9 Å². The minimum atomic E-state index is 0.192. The molecule has 1 saturated heterocycles. The molecule has 88 valence electrons. The van der Waals surface area contributed by atoms with Gasteiger partial charge < -0.3 is 10.6 Å². The highest BCUT2D eigenvalue weighted by molar-refractivity contribution is 5.18. The summed E-state index contributed by atoms with van der Waals surface area (Å²) in [5.74, 6) is 0.868. The molecule has 2 N–H and O–H groups in total. The highest BCUT2D eigenvalue weighted by Crippen LogP contribution is 2.18. The van der Waals surface area contributed by atoms with Crippen molar-refractivity contribution in [2.24, 2.45) is 11.7 Å². The number of nitrogens with two attached hydrogens (primary N) is 1. The maximum atomic E-state index is 6.18. The third-order valence-electron chi connectivity index (χ3n) is 3.49. The lowest BCUT2D eigenvalue weighted by atomic mass is 10.0. The molecule has 1 fully saturated rings. The minimum Gasteiger partial charge on any atom is -0.324 e. The van der Waals surface area contributed by atoms with Gasteiger partial charge in [0, 0.05) is 12.6 Å². The first kappa shape index (κ1) is 11.6. The molecule has 0 bridgehead atoms. The quantitative estimate of drug-likeness (QED) is 0.841. The van der Waals surface area contributed by atoms with Gasteiger partial charge in [0.05, 0.1) is 0 Å². The Kier molecular flexibility index (Phi) is 3.97. The fourth-order valence-electron chi connectivity index (χ4n) is 2.42. The molecule has 2 rings (SSSR count). The summed E-state index contributed by atoms with van der Waals surface area (Å²) in [5.41, 5.74) is 7.44. The van der Waals surface area contributed by atoms with Crippen LogP contribution >= 0.6 is 0 Å². The van der Waals surface area contributed by atoms with Crippen LogP contribution in [0.2, 0.25) is 0 Å². The van der Waals surface area contributed by atoms with Crippen molar-refractivity contribution in [1.29, 1.82) is 0 Å². The molecular formula is C14H22N2. The zero-order chi connectivity index (χ0) is 11.4. The molecule has 0 aromatic heterocycles. The Bertz CT molecular complexity index is 310. The van der Waals surface area contributed by atoms with E-state index in [9.17, 15) is 0 Å². The van der Waals surface area contributed by atoms with E-state index in [0.717, 1.165) is 18.9 Å². The molecule has 2 heteroatoms. The third-order valence-corrected chi connectivity index (χ3v) is 3.49. The fraction of sp³-hybridized carbons (Fsp3) is 0.571. The Morgan fingerprint density at radius 2 is 2.12 bits per heavy atom. The maximum Gasteiger partial charge on any atom is 0.0307 e. The average Bonchev–Trinajstić information content (AvgIpc) is 2.73. The molecule has 1 aliphatic heterocycles. The van der Waals surface area contributed by atoms with Crippen LogP contribution in [0.5, 0.6) is 0 Å². The largest absolute Gasteiger partial charge is 0.324 e. The predicted molar refractivity (Wildman–Crippen MR) is 68.2 cm³/mol. The average molecular weight is 218 g/mol. The Morgan fingerprint density at radius 1 is 1.38 bits per heavy atom. The van der Waals surface area contributed by atoms with E-state index in [2.05, 4.69) is 36.1 Å². The van der Waals surface area contributed by atoms with E-state index < -0.39 is 0 Å². The summed E-state index contributed by atoms with van der Waals surface area (Å²) in [6.45, 7) is 5.97. The first-order valence-electron chi connectivity index (χ1n) is 6.28. The summed E-state index contributed by atoms with van der Waals surface area (Å²) in [6.07, 6.45) is 2.41. The summed E-state index contributed by atoms with van der Waals surface area (Å²) in [4.78, 5) is 2.54. The Morgan fingerprint density at radius 3 is 2.75 bits per heavy atom. The van der Waals surface area contributed by atoms with Gasteiger partial charge in [0.25, 0.3) is 0 Å². The molecule has 2 unspecified atom stereocenters. The van der Waals surface area contributed by atoms with Crippen molar-refractivity contribution in [3.63, 3.8) is 0 Å². The van der Waals surface area contributed by atoms with E-state index in [4.69, 9.17) is 5.73 Å². The number of hydrogen-bond acceptors (Lipinski definition) is 2. The van der Waals surface area contributed by atoms with Gasteiger partial charge in [0.1, 0.15) is 0 Å². The van der Waals surface area contributed by atoms with Gasteiger partial charge in [-0.15, -0.1) is 0 Å². The normalized spacial score (nSPS) is 23.5. The van der Waals surface area contributed by atoms with Gasteiger partial charge in [-0.2, -0.15) is 0 Å². The molecule has 0 amide bonds. The zero-order valence-corrected chi connectivity index (χ0v) is 10.1. The SMILES string of the molecule is CC1CCN(CCC(N)c2ccccc2)C1. The second-order valence-electron chi connectivity index (χ2n) is 5.00. The summed E-state index contributed by atoms with van der Waals surface area (Å²) in [6, 6.07) is 10.6. The summed E-state index contributed by atoms with van der Waals surface area (Å²) < 4.78 is 0. The number of rotatable bonds is 4. The molecule has 2 nitrogen and oxygen atoms in total. The molecule has 0 radical (unpaired) electrons. The molecule has 0 saturated carbocycles. The number of nitrogens with zero attached hydrogens (tertiary/aromatic N) is 1. The fourth-order valence-corrected chi connectivity index (χ4v) is 2.42. The lowest BCUT2D eigenvalue weighted by Gasteiger charge is -2.18. The molecule has 1 aliphatic rings. The van der Waals surface area contributed by atoms with Crippen LogP contribution in [0.4, 0.5) is 0 Å². The first-order valence-corrected chi connectivity index (χ1v) is 6.28. The van der Waals surface area contributed by atoms with Gasteiger partial charge in [-0.25, -0.2) is 0 Å². The third kappa shape index (κ3) is 3.06. The maximum absolute atomic E-state index is 6.18. The Balaban J connectivity index is 1.78. The predicted octanol–water partition coefficient (Wildman–Crippen LogP) is 2.42. The molecule has 1 aromatic carbocycles. The Labute approximate surface area is 98.4 Å². The number of benzene rings is 1. The molecule has 0 spiro atoms. The number of likely N-dealkylation sites (tertiary alicyclic amines) is 1. The van der Waals surface area contributed by atoms with Crippen molar-refractivity contribution in [1.82, 2.24) is 4.90 Å². The van der Waals surface area contributed by atoms with Gasteiger partial charge in [-0.1, -0.05) is 37.3 Å². The van der Waals surface area contributed by atoms with Gasteiger partial charge in [0.15, 0.2) is 0 Å². The standard InChI is InChI=1S/C14H22N2/c1-12-7-9-16(11-12)10-8-14(15)13-5-3-2-4-6-13/h2-6,12,14H,7-11,15H2,1H3. The smallest absolute Gasteiger partial charge is 0.0307 e. The lowest BCUT2D eigenvalue weighted by molar-refractivity contribution is 0.313. The topological polar surface area (TPSA) is 29.3 Å². The Hall–Kier alpha value is -0.860. The minimum absolute atomic E-state index is 0.192. The van der Waals surface area contributed by atoms with Crippen LogP contribution in [0.15, 0.2) is 30.3 Å². The highest BCUT2D eigenvalue weighted by Gasteiger charge is 2.18. The zero-order valence-electron chi connectivity index (χ0n) is 10.1. The van der Waals surface area contributed by atoms with E-state index in [1.165, 1.54) is 25.1 Å². The van der Waals surface area contributed by atoms with Crippen LogP contribution in [0.3, 0.4) is 0 Å². The summed E-state index contributed by atoms with van der Waals surface area (Å²) >= 11 is 0. The van der Waals surface area contributed by atoms with Crippen molar-refractivity contribution in [3.8, 4) is 0 Å². The second-order valence-corrected chi connectivity index (χ2v) is 5.00. The van der Waals surface area contributed by atoms with Crippen LogP contribution < -0.4 is 5.73 Å². The van der Waals surface area contributed by atoms with Crippen LogP contribution in [0.1, 0.15) is 31.4 Å². The van der Waals surface area contributed by atoms with Gasteiger partial charge in [-0.05, 0) is 37.4 Å². The van der Waals surface area contributed by atoms with Crippen LogP contribution in [0, 0.1) is 5.92 Å². The summed E-state index contributed by atoms with van der Waals surface area (Å²) in [5, 5.41) is 0. The van der Waals surface area contributed by atoms with Crippen LogP contribution in [-0.4, -0.2) is 24.5 Å².